The molecule has 1 aliphatic heterocycles. The van der Waals surface area contributed by atoms with Gasteiger partial charge in [-0.05, 0) is 37.8 Å². The molecule has 4 heterocycles. The minimum Gasteiger partial charge on any atom is -0.453 e. The van der Waals surface area contributed by atoms with Gasteiger partial charge in [0.1, 0.15) is 5.58 Å². The molecule has 8 nitrogen and oxygen atoms in total. The molecule has 1 aliphatic carbocycles. The van der Waals surface area contributed by atoms with Gasteiger partial charge >= 0.3 is 0 Å². The van der Waals surface area contributed by atoms with Crippen LogP contribution in [-0.2, 0) is 17.6 Å². The van der Waals surface area contributed by atoms with E-state index in [2.05, 4.69) is 25.1 Å². The Kier molecular flexibility index (Phi) is 3.97. The van der Waals surface area contributed by atoms with E-state index in [0.29, 0.717) is 23.5 Å². The lowest BCUT2D eigenvalue weighted by Crippen LogP contribution is -2.24. The lowest BCUT2D eigenvalue weighted by atomic mass is 9.89. The summed E-state index contributed by atoms with van der Waals surface area (Å²) in [7, 11) is 0. The first-order valence-electron chi connectivity index (χ1n) is 10.2. The number of furan rings is 1. The molecule has 2 aliphatic rings. The van der Waals surface area contributed by atoms with Crippen molar-refractivity contribution in [3.8, 4) is 11.6 Å². The van der Waals surface area contributed by atoms with Crippen molar-refractivity contribution in [2.75, 3.05) is 13.2 Å². The molecule has 4 aromatic rings. The number of aryl methyl sites for hydroxylation is 1. The van der Waals surface area contributed by atoms with Gasteiger partial charge in [0.05, 0.1) is 17.4 Å². The van der Waals surface area contributed by atoms with E-state index in [4.69, 9.17) is 13.7 Å². The van der Waals surface area contributed by atoms with E-state index in [0.717, 1.165) is 62.0 Å². The first kappa shape index (κ1) is 16.9. The fourth-order valence-electron chi connectivity index (χ4n) is 4.43. The second kappa shape index (κ2) is 6.81. The largest absolute Gasteiger partial charge is 0.453 e. The van der Waals surface area contributed by atoms with Crippen LogP contribution in [0.15, 0.2) is 39.3 Å². The highest BCUT2D eigenvalue weighted by atomic mass is 16.5. The van der Waals surface area contributed by atoms with Gasteiger partial charge in [-0.1, -0.05) is 28.6 Å². The Morgan fingerprint density at radius 1 is 1.07 bits per heavy atom. The third-order valence-corrected chi connectivity index (χ3v) is 6.01. The summed E-state index contributed by atoms with van der Waals surface area (Å²) in [6, 6.07) is 10.2. The van der Waals surface area contributed by atoms with Gasteiger partial charge in [0, 0.05) is 30.9 Å². The summed E-state index contributed by atoms with van der Waals surface area (Å²) < 4.78 is 19.1. The van der Waals surface area contributed by atoms with Gasteiger partial charge in [0.15, 0.2) is 5.76 Å². The van der Waals surface area contributed by atoms with Crippen LogP contribution in [0.1, 0.15) is 48.5 Å². The second-order valence-electron chi connectivity index (χ2n) is 7.82. The lowest BCUT2D eigenvalue weighted by molar-refractivity contribution is 0.0647. The monoisotopic (exact) mass is 391 g/mol. The van der Waals surface area contributed by atoms with Crippen molar-refractivity contribution in [3.05, 3.63) is 47.6 Å². The van der Waals surface area contributed by atoms with Gasteiger partial charge in [0.2, 0.25) is 11.7 Å². The average molecular weight is 391 g/mol. The number of hydrogen-bond acceptors (Lipinski definition) is 7. The maximum absolute atomic E-state index is 5.88. The summed E-state index contributed by atoms with van der Waals surface area (Å²) in [5, 5.41) is 14.1. The SMILES string of the molecule is c1ccc2oc(-c3noc(C4CCc5nnn(C6CCOCC6)c5C4)n3)cc2c1. The maximum atomic E-state index is 5.88. The molecule has 1 fully saturated rings. The summed E-state index contributed by atoms with van der Waals surface area (Å²) in [6.45, 7) is 1.57. The number of para-hydroxylation sites is 1. The number of nitrogens with zero attached hydrogens (tertiary/aromatic N) is 5. The molecule has 6 rings (SSSR count). The van der Waals surface area contributed by atoms with Crippen molar-refractivity contribution < 1.29 is 13.7 Å². The molecule has 0 radical (unpaired) electrons. The summed E-state index contributed by atoms with van der Waals surface area (Å²) in [6.07, 6.45) is 4.60. The topological polar surface area (TPSA) is 92.0 Å². The lowest BCUT2D eigenvalue weighted by Gasteiger charge is -2.26. The highest BCUT2D eigenvalue weighted by molar-refractivity contribution is 5.81. The van der Waals surface area contributed by atoms with Gasteiger partial charge in [-0.3, -0.25) is 0 Å². The highest BCUT2D eigenvalue weighted by Crippen LogP contribution is 2.35. The second-order valence-corrected chi connectivity index (χ2v) is 7.82. The molecule has 0 saturated carbocycles. The Bertz CT molecular complexity index is 1120. The van der Waals surface area contributed by atoms with E-state index in [1.165, 1.54) is 5.69 Å². The Hall–Kier alpha value is -3.00. The normalized spacial score (nSPS) is 20.2. The zero-order valence-corrected chi connectivity index (χ0v) is 16.0. The molecular weight excluding hydrogens is 370 g/mol. The van der Waals surface area contributed by atoms with Crippen LogP contribution in [0.2, 0.25) is 0 Å². The Labute approximate surface area is 166 Å². The van der Waals surface area contributed by atoms with Crippen molar-refractivity contribution in [2.45, 2.75) is 44.1 Å². The van der Waals surface area contributed by atoms with Crippen molar-refractivity contribution >= 4 is 11.0 Å². The van der Waals surface area contributed by atoms with Crippen molar-refractivity contribution in [2.24, 2.45) is 0 Å². The van der Waals surface area contributed by atoms with Crippen LogP contribution in [0.5, 0.6) is 0 Å². The third-order valence-electron chi connectivity index (χ3n) is 6.01. The zero-order chi connectivity index (χ0) is 19.2. The van der Waals surface area contributed by atoms with E-state index in [1.54, 1.807) is 0 Å². The first-order valence-corrected chi connectivity index (χ1v) is 10.2. The smallest absolute Gasteiger partial charge is 0.238 e. The van der Waals surface area contributed by atoms with Crippen LogP contribution in [0.4, 0.5) is 0 Å². The van der Waals surface area contributed by atoms with E-state index in [9.17, 15) is 0 Å². The molecule has 3 aromatic heterocycles. The Balaban J connectivity index is 1.27. The predicted octanol–water partition coefficient (Wildman–Crippen LogP) is 3.70. The molecule has 148 valence electrons. The molecule has 0 spiro atoms. The molecule has 0 amide bonds. The van der Waals surface area contributed by atoms with Crippen molar-refractivity contribution in [1.82, 2.24) is 25.1 Å². The van der Waals surface area contributed by atoms with Crippen molar-refractivity contribution in [3.63, 3.8) is 0 Å². The fourth-order valence-corrected chi connectivity index (χ4v) is 4.43. The minimum absolute atomic E-state index is 0.171. The molecule has 1 saturated heterocycles. The van der Waals surface area contributed by atoms with E-state index < -0.39 is 0 Å². The number of ether oxygens (including phenoxy) is 1. The fraction of sp³-hybridized carbons (Fsp3) is 0.429. The van der Waals surface area contributed by atoms with Crippen LogP contribution < -0.4 is 0 Å². The molecule has 0 bridgehead atoms. The van der Waals surface area contributed by atoms with Crippen LogP contribution in [0, 0.1) is 0 Å². The molecule has 29 heavy (non-hydrogen) atoms. The number of benzene rings is 1. The van der Waals surface area contributed by atoms with Crippen molar-refractivity contribution in [1.29, 1.82) is 0 Å². The highest BCUT2D eigenvalue weighted by Gasteiger charge is 2.31. The quantitative estimate of drug-likeness (QED) is 0.526. The number of rotatable bonds is 3. The van der Waals surface area contributed by atoms with E-state index in [-0.39, 0.29) is 5.92 Å². The molecule has 1 unspecified atom stereocenters. The first-order chi connectivity index (χ1) is 14.3. The standard InChI is InChI=1S/C21H21N5O3/c1-2-4-18-13(3-1)12-19(28-18)20-22-21(29-24-20)14-5-6-16-17(11-14)26(25-23-16)15-7-9-27-10-8-15/h1-4,12,14-15H,5-11H2. The zero-order valence-electron chi connectivity index (χ0n) is 16.0. The Morgan fingerprint density at radius 2 is 1.97 bits per heavy atom. The Morgan fingerprint density at radius 3 is 2.86 bits per heavy atom. The minimum atomic E-state index is 0.171. The maximum Gasteiger partial charge on any atom is 0.238 e. The number of hydrogen-bond donors (Lipinski definition) is 0. The average Bonchev–Trinajstić information content (AvgIpc) is 3.51. The van der Waals surface area contributed by atoms with Gasteiger partial charge in [-0.25, -0.2) is 4.68 Å². The molecule has 1 aromatic carbocycles. The summed E-state index contributed by atoms with van der Waals surface area (Å²) in [5.41, 5.74) is 3.13. The van der Waals surface area contributed by atoms with Gasteiger partial charge in [-0.2, -0.15) is 4.98 Å². The van der Waals surface area contributed by atoms with Crippen LogP contribution in [0.3, 0.4) is 0 Å². The van der Waals surface area contributed by atoms with Gasteiger partial charge < -0.3 is 13.7 Å². The van der Waals surface area contributed by atoms with E-state index in [1.807, 2.05) is 30.3 Å². The van der Waals surface area contributed by atoms with Crippen LogP contribution in [-0.4, -0.2) is 38.3 Å². The summed E-state index contributed by atoms with van der Waals surface area (Å²) in [4.78, 5) is 4.66. The molecule has 8 heteroatoms. The number of aromatic nitrogens is 5. The molecule has 0 N–H and O–H groups in total. The summed E-state index contributed by atoms with van der Waals surface area (Å²) in [5.74, 6) is 1.96. The summed E-state index contributed by atoms with van der Waals surface area (Å²) >= 11 is 0. The van der Waals surface area contributed by atoms with Crippen LogP contribution >= 0.6 is 0 Å². The number of fused-ring (bicyclic) bond motifs is 2. The predicted molar refractivity (Wildman–Crippen MR) is 103 cm³/mol. The third kappa shape index (κ3) is 2.95. The van der Waals surface area contributed by atoms with Crippen LogP contribution in [0.25, 0.3) is 22.6 Å². The molecular formula is C21H21N5O3. The van der Waals surface area contributed by atoms with Gasteiger partial charge in [0.25, 0.3) is 0 Å². The molecule has 1 atom stereocenters. The van der Waals surface area contributed by atoms with E-state index >= 15 is 0 Å². The van der Waals surface area contributed by atoms with Gasteiger partial charge in [-0.15, -0.1) is 5.10 Å².